The molecule has 5 heteroatoms. The van der Waals surface area contributed by atoms with E-state index < -0.39 is 0 Å². The summed E-state index contributed by atoms with van der Waals surface area (Å²) in [5.74, 6) is -0.0957. The van der Waals surface area contributed by atoms with Crippen LogP contribution in [-0.4, -0.2) is 19.6 Å². The van der Waals surface area contributed by atoms with Gasteiger partial charge in [0.05, 0.1) is 0 Å². The van der Waals surface area contributed by atoms with E-state index in [0.29, 0.717) is 12.1 Å². The second-order valence-corrected chi connectivity index (χ2v) is 6.63. The lowest BCUT2D eigenvalue weighted by atomic mass is 10.2. The number of halogens is 1. The van der Waals surface area contributed by atoms with Gasteiger partial charge in [0.2, 0.25) is 0 Å². The molecular formula is C15H16BrNO2S. The van der Waals surface area contributed by atoms with Gasteiger partial charge in [0.25, 0.3) is 5.91 Å². The number of methoxy groups -OCH3 is 1. The van der Waals surface area contributed by atoms with Crippen molar-refractivity contribution in [3.63, 3.8) is 0 Å². The van der Waals surface area contributed by atoms with E-state index in [1.165, 1.54) is 4.88 Å². The van der Waals surface area contributed by atoms with Crippen molar-refractivity contribution in [1.82, 2.24) is 5.32 Å². The summed E-state index contributed by atoms with van der Waals surface area (Å²) >= 11 is 5.05. The van der Waals surface area contributed by atoms with Crippen LogP contribution in [0.4, 0.5) is 0 Å². The number of rotatable bonds is 5. The van der Waals surface area contributed by atoms with Gasteiger partial charge in [-0.15, -0.1) is 11.3 Å². The molecule has 2 aromatic rings. The second kappa shape index (κ2) is 7.02. The van der Waals surface area contributed by atoms with Gasteiger partial charge in [-0.2, -0.15) is 0 Å². The second-order valence-electron chi connectivity index (χ2n) is 4.39. The molecule has 0 radical (unpaired) electrons. The molecule has 1 unspecified atom stereocenters. The SMILES string of the molecule is COC(CNC(=O)c1cccc(Br)c1)c1ccc(C)s1. The van der Waals surface area contributed by atoms with Crippen LogP contribution < -0.4 is 5.32 Å². The maximum Gasteiger partial charge on any atom is 0.251 e. The minimum absolute atomic E-state index is 0.0957. The molecule has 1 atom stereocenters. The standard InChI is InChI=1S/C15H16BrNO2S/c1-10-6-7-14(20-10)13(19-2)9-17-15(18)11-4-3-5-12(16)8-11/h3-8,13H,9H2,1-2H3,(H,17,18). The normalized spacial score (nSPS) is 12.2. The third kappa shape index (κ3) is 3.91. The van der Waals surface area contributed by atoms with Crippen LogP contribution >= 0.6 is 27.3 Å². The highest BCUT2D eigenvalue weighted by Crippen LogP contribution is 2.24. The summed E-state index contributed by atoms with van der Waals surface area (Å²) in [6, 6.07) is 11.4. The molecule has 1 aromatic carbocycles. The van der Waals surface area contributed by atoms with Crippen molar-refractivity contribution in [1.29, 1.82) is 0 Å². The average molecular weight is 354 g/mol. The van der Waals surface area contributed by atoms with Gasteiger partial charge >= 0.3 is 0 Å². The molecule has 20 heavy (non-hydrogen) atoms. The number of thiophene rings is 1. The molecule has 1 N–H and O–H groups in total. The molecule has 0 bridgehead atoms. The Morgan fingerprint density at radius 2 is 2.20 bits per heavy atom. The first-order chi connectivity index (χ1) is 9.60. The van der Waals surface area contributed by atoms with Gasteiger partial charge < -0.3 is 10.1 Å². The molecule has 1 amide bonds. The highest BCUT2D eigenvalue weighted by atomic mass is 79.9. The van der Waals surface area contributed by atoms with E-state index in [2.05, 4.69) is 34.2 Å². The molecule has 0 saturated carbocycles. The van der Waals surface area contributed by atoms with Crippen LogP contribution in [-0.2, 0) is 4.74 Å². The quantitative estimate of drug-likeness (QED) is 0.883. The van der Waals surface area contributed by atoms with Crippen molar-refractivity contribution in [2.45, 2.75) is 13.0 Å². The van der Waals surface area contributed by atoms with E-state index in [4.69, 9.17) is 4.74 Å². The zero-order chi connectivity index (χ0) is 14.5. The van der Waals surface area contributed by atoms with Crippen LogP contribution in [0.2, 0.25) is 0 Å². The van der Waals surface area contributed by atoms with E-state index in [1.54, 1.807) is 30.6 Å². The van der Waals surface area contributed by atoms with Crippen LogP contribution in [0.1, 0.15) is 26.2 Å². The molecule has 1 heterocycles. The van der Waals surface area contributed by atoms with E-state index in [1.807, 2.05) is 18.2 Å². The van der Waals surface area contributed by atoms with Crippen molar-refractivity contribution in [3.05, 3.63) is 56.2 Å². The lowest BCUT2D eigenvalue weighted by Crippen LogP contribution is -2.28. The number of amides is 1. The van der Waals surface area contributed by atoms with Gasteiger partial charge in [-0.25, -0.2) is 0 Å². The van der Waals surface area contributed by atoms with Gasteiger partial charge in [-0.05, 0) is 37.3 Å². The summed E-state index contributed by atoms with van der Waals surface area (Å²) < 4.78 is 6.34. The van der Waals surface area contributed by atoms with Gasteiger partial charge in [0, 0.05) is 33.4 Å². The summed E-state index contributed by atoms with van der Waals surface area (Å²) in [4.78, 5) is 14.4. The molecule has 0 spiro atoms. The van der Waals surface area contributed by atoms with Crippen LogP contribution in [0.25, 0.3) is 0 Å². The third-order valence-electron chi connectivity index (χ3n) is 2.90. The van der Waals surface area contributed by atoms with E-state index in [9.17, 15) is 4.79 Å². The first-order valence-corrected chi connectivity index (χ1v) is 7.84. The monoisotopic (exact) mass is 353 g/mol. The van der Waals surface area contributed by atoms with Crippen molar-refractivity contribution in [3.8, 4) is 0 Å². The Balaban J connectivity index is 1.98. The minimum Gasteiger partial charge on any atom is -0.374 e. The molecular weight excluding hydrogens is 338 g/mol. The lowest BCUT2D eigenvalue weighted by molar-refractivity contribution is 0.0837. The fraction of sp³-hybridized carbons (Fsp3) is 0.267. The number of ether oxygens (including phenoxy) is 1. The maximum atomic E-state index is 12.1. The largest absolute Gasteiger partial charge is 0.374 e. The van der Waals surface area contributed by atoms with E-state index >= 15 is 0 Å². The van der Waals surface area contributed by atoms with E-state index in [-0.39, 0.29) is 12.0 Å². The topological polar surface area (TPSA) is 38.3 Å². The Bertz CT molecular complexity index is 597. The first kappa shape index (κ1) is 15.2. The van der Waals surface area contributed by atoms with Gasteiger partial charge in [-0.3, -0.25) is 4.79 Å². The number of aryl methyl sites for hydroxylation is 1. The number of carbonyl (C=O) groups is 1. The Hall–Kier alpha value is -1.17. The summed E-state index contributed by atoms with van der Waals surface area (Å²) in [5.41, 5.74) is 0.636. The third-order valence-corrected chi connectivity index (χ3v) is 4.48. The highest BCUT2D eigenvalue weighted by molar-refractivity contribution is 9.10. The lowest BCUT2D eigenvalue weighted by Gasteiger charge is -2.14. The number of benzene rings is 1. The molecule has 0 saturated heterocycles. The Kier molecular flexibility index (Phi) is 5.34. The van der Waals surface area contributed by atoms with Crippen molar-refractivity contribution in [2.75, 3.05) is 13.7 Å². The Morgan fingerprint density at radius 1 is 1.40 bits per heavy atom. The van der Waals surface area contributed by atoms with Gasteiger partial charge in [-0.1, -0.05) is 22.0 Å². The Labute approximate surface area is 131 Å². The van der Waals surface area contributed by atoms with Crippen molar-refractivity contribution >= 4 is 33.2 Å². The molecule has 2 rings (SSSR count). The fourth-order valence-corrected chi connectivity index (χ4v) is 3.20. The van der Waals surface area contributed by atoms with E-state index in [0.717, 1.165) is 9.35 Å². The van der Waals surface area contributed by atoms with Crippen LogP contribution in [0.5, 0.6) is 0 Å². The zero-order valence-corrected chi connectivity index (χ0v) is 13.8. The maximum absolute atomic E-state index is 12.1. The Morgan fingerprint density at radius 3 is 2.80 bits per heavy atom. The number of hydrogen-bond acceptors (Lipinski definition) is 3. The fourth-order valence-electron chi connectivity index (χ4n) is 1.84. The smallest absolute Gasteiger partial charge is 0.251 e. The van der Waals surface area contributed by atoms with Gasteiger partial charge in [0.15, 0.2) is 0 Å². The predicted octanol–water partition coefficient (Wildman–Crippen LogP) is 3.94. The molecule has 0 aliphatic carbocycles. The summed E-state index contributed by atoms with van der Waals surface area (Å²) in [6.07, 6.45) is -0.107. The molecule has 0 aliphatic rings. The summed E-state index contributed by atoms with van der Waals surface area (Å²) in [6.45, 7) is 2.52. The molecule has 1 aromatic heterocycles. The van der Waals surface area contributed by atoms with Crippen LogP contribution in [0, 0.1) is 6.92 Å². The number of carbonyl (C=O) groups excluding carboxylic acids is 1. The first-order valence-electron chi connectivity index (χ1n) is 6.23. The van der Waals surface area contributed by atoms with Crippen molar-refractivity contribution in [2.24, 2.45) is 0 Å². The molecule has 0 aliphatic heterocycles. The predicted molar refractivity (Wildman–Crippen MR) is 85.3 cm³/mol. The molecule has 106 valence electrons. The minimum atomic E-state index is -0.107. The average Bonchev–Trinajstić information content (AvgIpc) is 2.86. The summed E-state index contributed by atoms with van der Waals surface area (Å²) in [5, 5.41) is 2.91. The molecule has 3 nitrogen and oxygen atoms in total. The van der Waals surface area contributed by atoms with Gasteiger partial charge in [0.1, 0.15) is 6.10 Å². The van der Waals surface area contributed by atoms with Crippen LogP contribution in [0.15, 0.2) is 40.9 Å². The summed E-state index contributed by atoms with van der Waals surface area (Å²) in [7, 11) is 1.66. The van der Waals surface area contributed by atoms with Crippen LogP contribution in [0.3, 0.4) is 0 Å². The highest BCUT2D eigenvalue weighted by Gasteiger charge is 2.14. The number of hydrogen-bond donors (Lipinski definition) is 1. The number of nitrogens with one attached hydrogen (secondary N) is 1. The van der Waals surface area contributed by atoms with Crippen molar-refractivity contribution < 1.29 is 9.53 Å². The molecule has 0 fully saturated rings. The zero-order valence-electron chi connectivity index (χ0n) is 11.4.